The summed E-state index contributed by atoms with van der Waals surface area (Å²) in [6, 6.07) is 8.25. The summed E-state index contributed by atoms with van der Waals surface area (Å²) in [5, 5.41) is 8.59. The summed E-state index contributed by atoms with van der Waals surface area (Å²) < 4.78 is 2.24. The number of aromatic nitrogens is 3. The maximum Gasteiger partial charge on any atom is 0.163 e. The number of benzene rings is 1. The van der Waals surface area contributed by atoms with Gasteiger partial charge in [0, 0.05) is 25.1 Å². The van der Waals surface area contributed by atoms with E-state index in [0.717, 1.165) is 35.7 Å². The van der Waals surface area contributed by atoms with E-state index in [1.54, 1.807) is 0 Å². The zero-order valence-corrected chi connectivity index (χ0v) is 9.76. The summed E-state index contributed by atoms with van der Waals surface area (Å²) in [5.74, 6) is 2.10. The van der Waals surface area contributed by atoms with E-state index in [1.807, 2.05) is 12.1 Å². The molecular formula is C13H16N4. The Kier molecular flexibility index (Phi) is 2.65. The molecule has 0 fully saturated rings. The zero-order chi connectivity index (χ0) is 11.7. The quantitative estimate of drug-likeness (QED) is 0.851. The molecule has 88 valence electrons. The fourth-order valence-electron chi connectivity index (χ4n) is 2.36. The monoisotopic (exact) mass is 228 g/mol. The van der Waals surface area contributed by atoms with E-state index in [2.05, 4.69) is 26.9 Å². The first-order valence-corrected chi connectivity index (χ1v) is 6.10. The van der Waals surface area contributed by atoms with Crippen LogP contribution in [0.25, 0.3) is 11.4 Å². The van der Waals surface area contributed by atoms with Gasteiger partial charge in [-0.15, -0.1) is 10.2 Å². The zero-order valence-electron chi connectivity index (χ0n) is 9.76. The molecule has 0 bridgehead atoms. The topological polar surface area (TPSA) is 56.7 Å². The molecule has 0 saturated carbocycles. The lowest BCUT2D eigenvalue weighted by molar-refractivity contribution is 0.526. The van der Waals surface area contributed by atoms with Crippen LogP contribution in [0.4, 0.5) is 0 Å². The highest BCUT2D eigenvalue weighted by Gasteiger charge is 2.16. The molecule has 0 aliphatic carbocycles. The molecule has 2 aromatic rings. The SMILES string of the molecule is NCc1cccc(-c2nnc3n2CCCC3)c1. The molecule has 4 heteroatoms. The van der Waals surface area contributed by atoms with Crippen LogP contribution in [0.5, 0.6) is 0 Å². The Labute approximate surface area is 100 Å². The third-order valence-corrected chi connectivity index (χ3v) is 3.28. The average Bonchev–Trinajstić information content (AvgIpc) is 2.82. The molecular weight excluding hydrogens is 212 g/mol. The summed E-state index contributed by atoms with van der Waals surface area (Å²) in [7, 11) is 0. The maximum absolute atomic E-state index is 5.67. The van der Waals surface area contributed by atoms with Crippen molar-refractivity contribution in [1.82, 2.24) is 14.8 Å². The molecule has 1 aromatic heterocycles. The Morgan fingerprint density at radius 3 is 3.06 bits per heavy atom. The first kappa shape index (κ1) is 10.5. The molecule has 0 spiro atoms. The van der Waals surface area contributed by atoms with Gasteiger partial charge in [-0.2, -0.15) is 0 Å². The van der Waals surface area contributed by atoms with Crippen LogP contribution >= 0.6 is 0 Å². The second-order valence-corrected chi connectivity index (χ2v) is 4.45. The molecule has 17 heavy (non-hydrogen) atoms. The van der Waals surface area contributed by atoms with Gasteiger partial charge in [0.2, 0.25) is 0 Å². The molecule has 0 saturated heterocycles. The van der Waals surface area contributed by atoms with Crippen molar-refractivity contribution in [3.05, 3.63) is 35.7 Å². The van der Waals surface area contributed by atoms with E-state index in [1.165, 1.54) is 12.8 Å². The number of aryl methyl sites for hydroxylation is 1. The van der Waals surface area contributed by atoms with Gasteiger partial charge in [-0.3, -0.25) is 0 Å². The van der Waals surface area contributed by atoms with Gasteiger partial charge >= 0.3 is 0 Å². The molecule has 2 heterocycles. The predicted molar refractivity (Wildman–Crippen MR) is 66.3 cm³/mol. The average molecular weight is 228 g/mol. The van der Waals surface area contributed by atoms with E-state index < -0.39 is 0 Å². The van der Waals surface area contributed by atoms with Crippen molar-refractivity contribution in [2.75, 3.05) is 0 Å². The van der Waals surface area contributed by atoms with Gasteiger partial charge in [-0.05, 0) is 24.5 Å². The third-order valence-electron chi connectivity index (χ3n) is 3.28. The lowest BCUT2D eigenvalue weighted by Gasteiger charge is -2.14. The van der Waals surface area contributed by atoms with Crippen LogP contribution in [0, 0.1) is 0 Å². The maximum atomic E-state index is 5.67. The summed E-state index contributed by atoms with van der Waals surface area (Å²) >= 11 is 0. The molecule has 3 rings (SSSR count). The first-order valence-electron chi connectivity index (χ1n) is 6.10. The van der Waals surface area contributed by atoms with E-state index in [4.69, 9.17) is 5.73 Å². The molecule has 1 aliphatic heterocycles. The van der Waals surface area contributed by atoms with Crippen LogP contribution < -0.4 is 5.73 Å². The third kappa shape index (κ3) is 1.85. The molecule has 0 atom stereocenters. The molecule has 0 amide bonds. The lowest BCUT2D eigenvalue weighted by atomic mass is 10.1. The minimum Gasteiger partial charge on any atom is -0.326 e. The van der Waals surface area contributed by atoms with Gasteiger partial charge < -0.3 is 10.3 Å². The summed E-state index contributed by atoms with van der Waals surface area (Å²) in [5.41, 5.74) is 7.92. The molecule has 1 aliphatic rings. The van der Waals surface area contributed by atoms with Gasteiger partial charge in [0.05, 0.1) is 0 Å². The summed E-state index contributed by atoms with van der Waals surface area (Å²) in [6.45, 7) is 1.60. The van der Waals surface area contributed by atoms with Gasteiger partial charge in [-0.25, -0.2) is 0 Å². The van der Waals surface area contributed by atoms with Gasteiger partial charge in [0.15, 0.2) is 5.82 Å². The van der Waals surface area contributed by atoms with Gasteiger partial charge in [0.25, 0.3) is 0 Å². The van der Waals surface area contributed by atoms with Crippen molar-refractivity contribution in [2.45, 2.75) is 32.4 Å². The molecule has 4 nitrogen and oxygen atoms in total. The van der Waals surface area contributed by atoms with Gasteiger partial charge in [-0.1, -0.05) is 18.2 Å². The standard InChI is InChI=1S/C13H16N4/c14-9-10-4-3-5-11(8-10)13-16-15-12-6-1-2-7-17(12)13/h3-5,8H,1-2,6-7,9,14H2. The number of nitrogens with zero attached hydrogens (tertiary/aromatic N) is 3. The minimum atomic E-state index is 0.564. The van der Waals surface area contributed by atoms with E-state index in [0.29, 0.717) is 6.54 Å². The van der Waals surface area contributed by atoms with Crippen LogP contribution in [0.2, 0.25) is 0 Å². The van der Waals surface area contributed by atoms with E-state index >= 15 is 0 Å². The smallest absolute Gasteiger partial charge is 0.163 e. The van der Waals surface area contributed by atoms with E-state index in [-0.39, 0.29) is 0 Å². The van der Waals surface area contributed by atoms with Crippen LogP contribution in [-0.4, -0.2) is 14.8 Å². The minimum absolute atomic E-state index is 0.564. The number of rotatable bonds is 2. The lowest BCUT2D eigenvalue weighted by Crippen LogP contribution is -2.11. The highest BCUT2D eigenvalue weighted by Crippen LogP contribution is 2.23. The van der Waals surface area contributed by atoms with E-state index in [9.17, 15) is 0 Å². The Bertz CT molecular complexity index is 530. The highest BCUT2D eigenvalue weighted by molar-refractivity contribution is 5.56. The normalized spacial score (nSPS) is 14.6. The fourth-order valence-corrected chi connectivity index (χ4v) is 2.36. The van der Waals surface area contributed by atoms with Crippen molar-refractivity contribution in [3.8, 4) is 11.4 Å². The van der Waals surface area contributed by atoms with Crippen molar-refractivity contribution in [2.24, 2.45) is 5.73 Å². The second kappa shape index (κ2) is 4.30. The van der Waals surface area contributed by atoms with Crippen LogP contribution in [0.1, 0.15) is 24.2 Å². The van der Waals surface area contributed by atoms with Crippen molar-refractivity contribution >= 4 is 0 Å². The predicted octanol–water partition coefficient (Wildman–Crippen LogP) is 1.74. The van der Waals surface area contributed by atoms with Crippen LogP contribution in [0.3, 0.4) is 0 Å². The molecule has 2 N–H and O–H groups in total. The number of hydrogen-bond donors (Lipinski definition) is 1. The highest BCUT2D eigenvalue weighted by atomic mass is 15.3. The number of fused-ring (bicyclic) bond motifs is 1. The van der Waals surface area contributed by atoms with Crippen molar-refractivity contribution < 1.29 is 0 Å². The van der Waals surface area contributed by atoms with Crippen LogP contribution in [-0.2, 0) is 19.5 Å². The molecule has 0 radical (unpaired) electrons. The first-order chi connectivity index (χ1) is 8.38. The van der Waals surface area contributed by atoms with Crippen molar-refractivity contribution in [1.29, 1.82) is 0 Å². The van der Waals surface area contributed by atoms with Gasteiger partial charge in [0.1, 0.15) is 5.82 Å². The largest absolute Gasteiger partial charge is 0.326 e. The molecule has 1 aromatic carbocycles. The summed E-state index contributed by atoms with van der Waals surface area (Å²) in [6.07, 6.45) is 3.49. The van der Waals surface area contributed by atoms with Crippen molar-refractivity contribution in [3.63, 3.8) is 0 Å². The molecule has 0 unspecified atom stereocenters. The Morgan fingerprint density at radius 1 is 1.24 bits per heavy atom. The Morgan fingerprint density at radius 2 is 2.18 bits per heavy atom. The number of nitrogens with two attached hydrogens (primary N) is 1. The Hall–Kier alpha value is -1.68. The Balaban J connectivity index is 2.05. The number of hydrogen-bond acceptors (Lipinski definition) is 3. The van der Waals surface area contributed by atoms with Crippen LogP contribution in [0.15, 0.2) is 24.3 Å². The summed E-state index contributed by atoms with van der Waals surface area (Å²) in [4.78, 5) is 0. The fraction of sp³-hybridized carbons (Fsp3) is 0.385. The second-order valence-electron chi connectivity index (χ2n) is 4.45.